The van der Waals surface area contributed by atoms with Gasteiger partial charge in [0.25, 0.3) is 0 Å². The highest BCUT2D eigenvalue weighted by molar-refractivity contribution is 6.30. The third kappa shape index (κ3) is 3.36. The van der Waals surface area contributed by atoms with Gasteiger partial charge in [0.1, 0.15) is 0 Å². The van der Waals surface area contributed by atoms with E-state index in [0.29, 0.717) is 6.54 Å². The van der Waals surface area contributed by atoms with E-state index >= 15 is 0 Å². The van der Waals surface area contributed by atoms with Gasteiger partial charge >= 0.3 is 0 Å². The number of halogens is 1. The monoisotopic (exact) mass is 253 g/mol. The van der Waals surface area contributed by atoms with Gasteiger partial charge in [-0.1, -0.05) is 36.9 Å². The Morgan fingerprint density at radius 1 is 1.29 bits per heavy atom. The zero-order chi connectivity index (χ0) is 12.3. The molecule has 0 heterocycles. The van der Waals surface area contributed by atoms with Crippen molar-refractivity contribution in [2.45, 2.75) is 44.6 Å². The summed E-state index contributed by atoms with van der Waals surface area (Å²) >= 11 is 5.97. The van der Waals surface area contributed by atoms with Gasteiger partial charge in [0, 0.05) is 17.3 Å². The van der Waals surface area contributed by atoms with Gasteiger partial charge in [0.15, 0.2) is 0 Å². The number of hydrogen-bond donors (Lipinski definition) is 2. The summed E-state index contributed by atoms with van der Waals surface area (Å²) < 4.78 is 0. The molecule has 1 fully saturated rings. The van der Waals surface area contributed by atoms with Crippen molar-refractivity contribution >= 4 is 17.3 Å². The largest absolute Gasteiger partial charge is 0.388 e. The molecule has 1 aliphatic rings. The summed E-state index contributed by atoms with van der Waals surface area (Å²) in [5.41, 5.74) is 1.65. The second kappa shape index (κ2) is 5.28. The standard InChI is InChI=1S/C14H20ClNO/c1-11-5-6-12(15)9-13(11)16-10-14(17)7-3-2-4-8-14/h5-6,9,16-17H,2-4,7-8,10H2,1H3. The molecule has 2 nitrogen and oxygen atoms in total. The van der Waals surface area contributed by atoms with Crippen LogP contribution in [0.2, 0.25) is 5.02 Å². The van der Waals surface area contributed by atoms with Crippen molar-refractivity contribution in [2.75, 3.05) is 11.9 Å². The fourth-order valence-electron chi connectivity index (χ4n) is 2.43. The van der Waals surface area contributed by atoms with Crippen LogP contribution in [0.1, 0.15) is 37.7 Å². The normalized spacial score (nSPS) is 19.0. The van der Waals surface area contributed by atoms with Crippen molar-refractivity contribution in [3.05, 3.63) is 28.8 Å². The van der Waals surface area contributed by atoms with E-state index < -0.39 is 5.60 Å². The lowest BCUT2D eigenvalue weighted by atomic mass is 9.85. The number of anilines is 1. The molecule has 0 aromatic heterocycles. The molecule has 94 valence electrons. The molecule has 0 atom stereocenters. The highest BCUT2D eigenvalue weighted by Gasteiger charge is 2.28. The minimum atomic E-state index is -0.535. The van der Waals surface area contributed by atoms with Gasteiger partial charge in [-0.3, -0.25) is 0 Å². The van der Waals surface area contributed by atoms with E-state index in [1.54, 1.807) is 0 Å². The SMILES string of the molecule is Cc1ccc(Cl)cc1NCC1(O)CCCCC1. The summed E-state index contributed by atoms with van der Waals surface area (Å²) in [5, 5.41) is 14.5. The molecule has 0 saturated heterocycles. The van der Waals surface area contributed by atoms with Gasteiger partial charge in [-0.15, -0.1) is 0 Å². The average molecular weight is 254 g/mol. The van der Waals surface area contributed by atoms with Gasteiger partial charge in [-0.2, -0.15) is 0 Å². The first-order chi connectivity index (χ1) is 8.09. The summed E-state index contributed by atoms with van der Waals surface area (Å²) in [6.45, 7) is 2.66. The molecule has 2 N–H and O–H groups in total. The Morgan fingerprint density at radius 2 is 2.00 bits per heavy atom. The molecule has 0 spiro atoms. The quantitative estimate of drug-likeness (QED) is 0.860. The minimum Gasteiger partial charge on any atom is -0.388 e. The van der Waals surface area contributed by atoms with Gasteiger partial charge in [0.05, 0.1) is 5.60 Å². The zero-order valence-corrected chi connectivity index (χ0v) is 11.1. The second-order valence-corrected chi connectivity index (χ2v) is 5.53. The van der Waals surface area contributed by atoms with Crippen molar-refractivity contribution < 1.29 is 5.11 Å². The van der Waals surface area contributed by atoms with E-state index in [4.69, 9.17) is 11.6 Å². The Bertz CT molecular complexity index is 386. The van der Waals surface area contributed by atoms with Crippen LogP contribution >= 0.6 is 11.6 Å². The second-order valence-electron chi connectivity index (χ2n) is 5.10. The average Bonchev–Trinajstić information content (AvgIpc) is 2.31. The number of rotatable bonds is 3. The predicted octanol–water partition coefficient (Wildman–Crippen LogP) is 3.76. The van der Waals surface area contributed by atoms with E-state index in [-0.39, 0.29) is 0 Å². The van der Waals surface area contributed by atoms with E-state index in [1.807, 2.05) is 25.1 Å². The molecule has 1 saturated carbocycles. The lowest BCUT2D eigenvalue weighted by Gasteiger charge is -2.32. The maximum absolute atomic E-state index is 10.4. The molecule has 1 aromatic rings. The molecular weight excluding hydrogens is 234 g/mol. The molecule has 0 radical (unpaired) electrons. The van der Waals surface area contributed by atoms with Crippen molar-refractivity contribution in [3.63, 3.8) is 0 Å². The Morgan fingerprint density at radius 3 is 2.71 bits per heavy atom. The van der Waals surface area contributed by atoms with Crippen LogP contribution in [0.15, 0.2) is 18.2 Å². The van der Waals surface area contributed by atoms with E-state index in [0.717, 1.165) is 42.0 Å². The van der Waals surface area contributed by atoms with Crippen LogP contribution in [-0.4, -0.2) is 17.3 Å². The van der Waals surface area contributed by atoms with Gasteiger partial charge < -0.3 is 10.4 Å². The van der Waals surface area contributed by atoms with Crippen LogP contribution in [0.3, 0.4) is 0 Å². The Kier molecular flexibility index (Phi) is 3.95. The fraction of sp³-hybridized carbons (Fsp3) is 0.571. The van der Waals surface area contributed by atoms with Crippen molar-refractivity contribution in [3.8, 4) is 0 Å². The number of aryl methyl sites for hydroxylation is 1. The van der Waals surface area contributed by atoms with E-state index in [2.05, 4.69) is 5.32 Å². The third-order valence-corrected chi connectivity index (χ3v) is 3.83. The maximum Gasteiger partial charge on any atom is 0.0819 e. The molecule has 0 aliphatic heterocycles. The smallest absolute Gasteiger partial charge is 0.0819 e. The Hall–Kier alpha value is -0.730. The van der Waals surface area contributed by atoms with E-state index in [9.17, 15) is 5.11 Å². The van der Waals surface area contributed by atoms with Crippen LogP contribution in [0.4, 0.5) is 5.69 Å². The zero-order valence-electron chi connectivity index (χ0n) is 10.3. The summed E-state index contributed by atoms with van der Waals surface area (Å²) in [6, 6.07) is 5.80. The van der Waals surface area contributed by atoms with Gasteiger partial charge in [-0.05, 0) is 37.5 Å². The van der Waals surface area contributed by atoms with Crippen molar-refractivity contribution in [1.29, 1.82) is 0 Å². The molecule has 17 heavy (non-hydrogen) atoms. The van der Waals surface area contributed by atoms with Crippen LogP contribution in [0.25, 0.3) is 0 Å². The molecule has 0 bridgehead atoms. The predicted molar refractivity (Wildman–Crippen MR) is 72.7 cm³/mol. The number of nitrogens with one attached hydrogen (secondary N) is 1. The van der Waals surface area contributed by atoms with Crippen LogP contribution < -0.4 is 5.32 Å². The lowest BCUT2D eigenvalue weighted by Crippen LogP contribution is -2.38. The summed E-state index contributed by atoms with van der Waals surface area (Å²) in [6.07, 6.45) is 5.32. The van der Waals surface area contributed by atoms with Crippen molar-refractivity contribution in [1.82, 2.24) is 0 Å². The molecule has 0 amide bonds. The molecule has 3 heteroatoms. The summed E-state index contributed by atoms with van der Waals surface area (Å²) in [5.74, 6) is 0. The summed E-state index contributed by atoms with van der Waals surface area (Å²) in [4.78, 5) is 0. The summed E-state index contributed by atoms with van der Waals surface area (Å²) in [7, 11) is 0. The molecular formula is C14H20ClNO. The minimum absolute atomic E-state index is 0.535. The highest BCUT2D eigenvalue weighted by Crippen LogP contribution is 2.29. The van der Waals surface area contributed by atoms with Crippen LogP contribution in [0.5, 0.6) is 0 Å². The number of hydrogen-bond acceptors (Lipinski definition) is 2. The highest BCUT2D eigenvalue weighted by atomic mass is 35.5. The number of benzene rings is 1. The van der Waals surface area contributed by atoms with E-state index in [1.165, 1.54) is 6.42 Å². The maximum atomic E-state index is 10.4. The first-order valence-corrected chi connectivity index (χ1v) is 6.69. The van der Waals surface area contributed by atoms with Gasteiger partial charge in [-0.25, -0.2) is 0 Å². The molecule has 1 aliphatic carbocycles. The first-order valence-electron chi connectivity index (χ1n) is 6.31. The fourth-order valence-corrected chi connectivity index (χ4v) is 2.60. The molecule has 2 rings (SSSR count). The van der Waals surface area contributed by atoms with Crippen molar-refractivity contribution in [2.24, 2.45) is 0 Å². The first kappa shape index (κ1) is 12.7. The molecule has 0 unspecified atom stereocenters. The molecule has 1 aromatic carbocycles. The third-order valence-electron chi connectivity index (χ3n) is 3.59. The Labute approximate surface area is 108 Å². The Balaban J connectivity index is 1.99. The topological polar surface area (TPSA) is 32.3 Å². The van der Waals surface area contributed by atoms with Gasteiger partial charge in [0.2, 0.25) is 0 Å². The van der Waals surface area contributed by atoms with Crippen LogP contribution in [-0.2, 0) is 0 Å². The lowest BCUT2D eigenvalue weighted by molar-refractivity contribution is 0.0167. The number of aliphatic hydroxyl groups is 1. The van der Waals surface area contributed by atoms with Crippen LogP contribution in [0, 0.1) is 6.92 Å².